The summed E-state index contributed by atoms with van der Waals surface area (Å²) in [5.74, 6) is -0.361. The Morgan fingerprint density at radius 1 is 1.24 bits per heavy atom. The lowest BCUT2D eigenvalue weighted by Gasteiger charge is -2.32. The van der Waals surface area contributed by atoms with Crippen molar-refractivity contribution in [2.24, 2.45) is 13.0 Å². The SMILES string of the molecule is CNC(=O)COc1cc2cc(Nc3nc(N4CCC(C(=O)N(C)C)CC4)ncc3Cl)c(F)cc2n(C)c1=O. The van der Waals surface area contributed by atoms with E-state index in [1.807, 2.05) is 4.90 Å². The molecule has 3 heterocycles. The molecule has 2 amide bonds. The molecule has 202 valence electrons. The van der Waals surface area contributed by atoms with Crippen LogP contribution >= 0.6 is 11.6 Å². The normalized spacial score (nSPS) is 13.9. The van der Waals surface area contributed by atoms with Crippen LogP contribution in [0.15, 0.2) is 29.2 Å². The van der Waals surface area contributed by atoms with Gasteiger partial charge in [-0.05, 0) is 25.0 Å². The van der Waals surface area contributed by atoms with Crippen LogP contribution in [0.2, 0.25) is 5.02 Å². The zero-order chi connectivity index (χ0) is 27.6. The van der Waals surface area contributed by atoms with Crippen LogP contribution in [-0.2, 0) is 16.6 Å². The van der Waals surface area contributed by atoms with E-state index in [0.717, 1.165) is 0 Å². The number of rotatable bonds is 7. The summed E-state index contributed by atoms with van der Waals surface area (Å²) in [4.78, 5) is 48.8. The molecule has 4 rings (SSSR count). The lowest BCUT2D eigenvalue weighted by Crippen LogP contribution is -2.40. The average Bonchev–Trinajstić information content (AvgIpc) is 2.91. The van der Waals surface area contributed by atoms with Crippen LogP contribution < -0.4 is 25.8 Å². The molecular formula is C25H29ClFN7O4. The molecule has 3 aromatic rings. The third kappa shape index (κ3) is 5.64. The number of carbonyl (C=O) groups excluding carboxylic acids is 2. The predicted molar refractivity (Wildman–Crippen MR) is 143 cm³/mol. The van der Waals surface area contributed by atoms with Crippen LogP contribution in [0.25, 0.3) is 10.9 Å². The fourth-order valence-electron chi connectivity index (χ4n) is 4.29. The molecule has 0 aliphatic carbocycles. The molecule has 38 heavy (non-hydrogen) atoms. The Labute approximate surface area is 223 Å². The molecule has 11 nitrogen and oxygen atoms in total. The summed E-state index contributed by atoms with van der Waals surface area (Å²) in [5, 5.41) is 6.04. The van der Waals surface area contributed by atoms with Gasteiger partial charge in [0.2, 0.25) is 11.9 Å². The highest BCUT2D eigenvalue weighted by Crippen LogP contribution is 2.31. The number of carbonyl (C=O) groups is 2. The number of nitrogens with one attached hydrogen (secondary N) is 2. The van der Waals surface area contributed by atoms with Gasteiger partial charge >= 0.3 is 0 Å². The molecule has 0 radical (unpaired) electrons. The van der Waals surface area contributed by atoms with Gasteiger partial charge in [0.1, 0.15) is 10.8 Å². The van der Waals surface area contributed by atoms with E-state index in [-0.39, 0.29) is 40.7 Å². The van der Waals surface area contributed by atoms with Crippen molar-refractivity contribution < 1.29 is 18.7 Å². The number of fused-ring (bicyclic) bond motifs is 1. The number of amides is 2. The number of piperidine rings is 1. The van der Waals surface area contributed by atoms with Gasteiger partial charge in [-0.2, -0.15) is 4.98 Å². The van der Waals surface area contributed by atoms with Gasteiger partial charge in [0.05, 0.1) is 17.4 Å². The third-order valence-corrected chi connectivity index (χ3v) is 6.75. The zero-order valence-electron chi connectivity index (χ0n) is 21.5. The van der Waals surface area contributed by atoms with Crippen molar-refractivity contribution in [1.29, 1.82) is 0 Å². The third-order valence-electron chi connectivity index (χ3n) is 6.47. The van der Waals surface area contributed by atoms with E-state index in [9.17, 15) is 14.4 Å². The van der Waals surface area contributed by atoms with Gasteiger partial charge < -0.3 is 29.7 Å². The second kappa shape index (κ2) is 11.2. The molecule has 1 aliphatic rings. The Kier molecular flexibility index (Phi) is 8.00. The number of hydrogen-bond acceptors (Lipinski definition) is 8. The monoisotopic (exact) mass is 545 g/mol. The minimum absolute atomic E-state index is 0.0420. The number of pyridine rings is 1. The number of benzene rings is 1. The number of aryl methyl sites for hydroxylation is 1. The minimum atomic E-state index is -0.620. The lowest BCUT2D eigenvalue weighted by atomic mass is 9.96. The Balaban J connectivity index is 1.59. The molecule has 0 atom stereocenters. The first-order valence-corrected chi connectivity index (χ1v) is 12.4. The van der Waals surface area contributed by atoms with Gasteiger partial charge in [0.15, 0.2) is 18.2 Å². The number of nitrogens with zero attached hydrogens (tertiary/aromatic N) is 5. The summed E-state index contributed by atoms with van der Waals surface area (Å²) in [6.07, 6.45) is 2.79. The zero-order valence-corrected chi connectivity index (χ0v) is 22.3. The fraction of sp³-hybridized carbons (Fsp3) is 0.400. The van der Waals surface area contributed by atoms with Gasteiger partial charge in [-0.25, -0.2) is 9.37 Å². The van der Waals surface area contributed by atoms with Crippen LogP contribution in [0.4, 0.5) is 21.8 Å². The molecule has 0 spiro atoms. The lowest BCUT2D eigenvalue weighted by molar-refractivity contribution is -0.133. The predicted octanol–water partition coefficient (Wildman–Crippen LogP) is 2.29. The van der Waals surface area contributed by atoms with E-state index in [0.29, 0.717) is 42.8 Å². The van der Waals surface area contributed by atoms with Gasteiger partial charge in [-0.1, -0.05) is 11.6 Å². The molecule has 0 bridgehead atoms. The summed E-state index contributed by atoms with van der Waals surface area (Å²) >= 11 is 6.33. The Bertz CT molecular complexity index is 1440. The van der Waals surface area contributed by atoms with E-state index >= 15 is 4.39 Å². The highest BCUT2D eigenvalue weighted by Gasteiger charge is 2.27. The second-order valence-electron chi connectivity index (χ2n) is 9.21. The highest BCUT2D eigenvalue weighted by molar-refractivity contribution is 6.32. The largest absolute Gasteiger partial charge is 0.478 e. The van der Waals surface area contributed by atoms with Crippen molar-refractivity contribution in [2.75, 3.05) is 51.1 Å². The van der Waals surface area contributed by atoms with E-state index in [1.165, 1.54) is 43.1 Å². The summed E-state index contributed by atoms with van der Waals surface area (Å²) in [5.41, 5.74) is -0.0775. The number of aromatic nitrogens is 3. The number of halogens is 2. The molecule has 1 aliphatic heterocycles. The summed E-state index contributed by atoms with van der Waals surface area (Å²) in [6, 6.07) is 4.19. The Morgan fingerprint density at radius 2 is 1.95 bits per heavy atom. The van der Waals surface area contributed by atoms with Crippen molar-refractivity contribution in [3.63, 3.8) is 0 Å². The maximum absolute atomic E-state index is 15.1. The molecule has 0 saturated carbocycles. The van der Waals surface area contributed by atoms with Crippen molar-refractivity contribution in [2.45, 2.75) is 12.8 Å². The van der Waals surface area contributed by atoms with Gasteiger partial charge in [0, 0.05) is 58.7 Å². The quantitative estimate of drug-likeness (QED) is 0.464. The second-order valence-corrected chi connectivity index (χ2v) is 9.62. The van der Waals surface area contributed by atoms with Crippen LogP contribution in [0.5, 0.6) is 5.75 Å². The van der Waals surface area contributed by atoms with Crippen molar-refractivity contribution in [1.82, 2.24) is 24.8 Å². The molecule has 2 aromatic heterocycles. The fourth-order valence-corrected chi connectivity index (χ4v) is 4.43. The van der Waals surface area contributed by atoms with Crippen molar-refractivity contribution >= 4 is 51.8 Å². The molecule has 1 aromatic carbocycles. The first-order valence-electron chi connectivity index (χ1n) is 12.0. The van der Waals surface area contributed by atoms with Crippen molar-refractivity contribution in [3.8, 4) is 5.75 Å². The van der Waals surface area contributed by atoms with Crippen LogP contribution in [-0.4, -0.2) is 72.1 Å². The molecule has 13 heteroatoms. The van der Waals surface area contributed by atoms with E-state index in [4.69, 9.17) is 16.3 Å². The van der Waals surface area contributed by atoms with Crippen LogP contribution in [0, 0.1) is 11.7 Å². The first-order chi connectivity index (χ1) is 18.1. The summed E-state index contributed by atoms with van der Waals surface area (Å²) < 4.78 is 21.7. The number of anilines is 3. The summed E-state index contributed by atoms with van der Waals surface area (Å²) in [7, 11) is 6.45. The summed E-state index contributed by atoms with van der Waals surface area (Å²) in [6.45, 7) is 0.869. The minimum Gasteiger partial charge on any atom is -0.478 e. The standard InChI is InChI=1S/C25H29ClFN7O4/c1-28-21(35)13-38-20-10-15-9-18(17(27)11-19(15)33(4)24(20)37)30-22-16(26)12-29-25(31-22)34-7-5-14(6-8-34)23(36)32(2)3/h9-12,14H,5-8,13H2,1-4H3,(H,28,35)(H,29,30,31). The molecular weight excluding hydrogens is 517 g/mol. The van der Waals surface area contributed by atoms with Gasteiger partial charge in [-0.3, -0.25) is 14.4 Å². The number of ether oxygens (including phenoxy) is 1. The van der Waals surface area contributed by atoms with E-state index < -0.39 is 17.3 Å². The average molecular weight is 546 g/mol. The number of hydrogen-bond donors (Lipinski definition) is 2. The van der Waals surface area contributed by atoms with Crippen molar-refractivity contribution in [3.05, 3.63) is 45.6 Å². The first kappa shape index (κ1) is 27.1. The molecule has 1 saturated heterocycles. The Hall–Kier alpha value is -3.93. The molecule has 1 fully saturated rings. The van der Waals surface area contributed by atoms with Gasteiger partial charge in [0.25, 0.3) is 11.5 Å². The van der Waals surface area contributed by atoms with E-state index in [2.05, 4.69) is 20.6 Å². The number of likely N-dealkylation sites (N-methyl/N-ethyl adjacent to an activating group) is 1. The molecule has 2 N–H and O–H groups in total. The highest BCUT2D eigenvalue weighted by atomic mass is 35.5. The maximum Gasteiger partial charge on any atom is 0.293 e. The topological polar surface area (TPSA) is 122 Å². The smallest absolute Gasteiger partial charge is 0.293 e. The van der Waals surface area contributed by atoms with Crippen LogP contribution in [0.1, 0.15) is 12.8 Å². The maximum atomic E-state index is 15.1. The molecule has 0 unspecified atom stereocenters. The van der Waals surface area contributed by atoms with Gasteiger partial charge in [-0.15, -0.1) is 0 Å². The van der Waals surface area contributed by atoms with Crippen LogP contribution in [0.3, 0.4) is 0 Å². The van der Waals surface area contributed by atoms with E-state index in [1.54, 1.807) is 19.0 Å². The Morgan fingerprint density at radius 3 is 2.61 bits per heavy atom.